The number of benzene rings is 1. The molecule has 1 aliphatic carbocycles. The van der Waals surface area contributed by atoms with E-state index >= 15 is 0 Å². The molecule has 1 aromatic carbocycles. The molecule has 2 aromatic rings. The van der Waals surface area contributed by atoms with E-state index < -0.39 is 4.92 Å². The second-order valence-corrected chi connectivity index (χ2v) is 7.66. The average Bonchev–Trinajstić information content (AvgIpc) is 2.96. The Morgan fingerprint density at radius 2 is 1.96 bits per heavy atom. The maximum Gasteiger partial charge on any atom is 0.312 e. The average molecular weight is 384 g/mol. The van der Waals surface area contributed by atoms with E-state index in [-0.39, 0.29) is 24.1 Å². The zero-order valence-electron chi connectivity index (χ0n) is 16.6. The minimum absolute atomic E-state index is 0.0137. The molecule has 1 N–H and O–H groups in total. The number of rotatable bonds is 7. The van der Waals surface area contributed by atoms with Crippen LogP contribution in [0.3, 0.4) is 0 Å². The molecule has 0 aliphatic heterocycles. The first-order chi connectivity index (χ1) is 13.5. The summed E-state index contributed by atoms with van der Waals surface area (Å²) in [6.45, 7) is 3.65. The van der Waals surface area contributed by atoms with Gasteiger partial charge in [0.2, 0.25) is 5.91 Å². The predicted molar refractivity (Wildman–Crippen MR) is 107 cm³/mol. The van der Waals surface area contributed by atoms with Crippen molar-refractivity contribution >= 4 is 11.6 Å². The zero-order chi connectivity index (χ0) is 20.1. The SMILES string of the molecule is Cc1nn(CCC(=O)NC2CCCCC2Cc2ccccc2)c(C)c1[N+](=O)[O-]. The molecule has 0 radical (unpaired) electrons. The van der Waals surface area contributed by atoms with Crippen LogP contribution in [-0.4, -0.2) is 26.7 Å². The molecule has 2 atom stereocenters. The molecular formula is C21H28N4O3. The molecule has 1 amide bonds. The van der Waals surface area contributed by atoms with E-state index in [0.717, 1.165) is 25.7 Å². The maximum absolute atomic E-state index is 12.5. The van der Waals surface area contributed by atoms with Crippen LogP contribution in [-0.2, 0) is 17.8 Å². The van der Waals surface area contributed by atoms with E-state index in [2.05, 4.69) is 34.7 Å². The molecule has 1 aliphatic rings. The number of hydrogen-bond donors (Lipinski definition) is 1. The summed E-state index contributed by atoms with van der Waals surface area (Å²) in [5, 5.41) is 18.5. The molecule has 7 nitrogen and oxygen atoms in total. The Kier molecular flexibility index (Phi) is 6.44. The fraction of sp³-hybridized carbons (Fsp3) is 0.524. The van der Waals surface area contributed by atoms with Gasteiger partial charge in [-0.3, -0.25) is 19.6 Å². The first kappa shape index (κ1) is 20.0. The highest BCUT2D eigenvalue weighted by atomic mass is 16.6. The lowest BCUT2D eigenvalue weighted by Gasteiger charge is -2.32. The van der Waals surface area contributed by atoms with Crippen LogP contribution in [0.1, 0.15) is 49.1 Å². The lowest BCUT2D eigenvalue weighted by atomic mass is 9.80. The van der Waals surface area contributed by atoms with Crippen LogP contribution in [0.2, 0.25) is 0 Å². The Bertz CT molecular complexity index is 832. The third-order valence-corrected chi connectivity index (χ3v) is 5.67. The molecule has 0 saturated heterocycles. The van der Waals surface area contributed by atoms with Crippen molar-refractivity contribution in [3.8, 4) is 0 Å². The Hall–Kier alpha value is -2.70. The molecule has 0 spiro atoms. The van der Waals surface area contributed by atoms with Crippen molar-refractivity contribution < 1.29 is 9.72 Å². The van der Waals surface area contributed by atoms with Crippen molar-refractivity contribution in [2.45, 2.75) is 65.0 Å². The summed E-state index contributed by atoms with van der Waals surface area (Å²) in [5.74, 6) is 0.440. The van der Waals surface area contributed by atoms with Crippen LogP contribution in [0, 0.1) is 29.9 Å². The zero-order valence-corrected chi connectivity index (χ0v) is 16.6. The highest BCUT2D eigenvalue weighted by molar-refractivity contribution is 5.76. The fourth-order valence-corrected chi connectivity index (χ4v) is 4.21. The van der Waals surface area contributed by atoms with Gasteiger partial charge in [-0.15, -0.1) is 0 Å². The molecule has 1 heterocycles. The summed E-state index contributed by atoms with van der Waals surface area (Å²) in [7, 11) is 0. The van der Waals surface area contributed by atoms with Gasteiger partial charge in [0.05, 0.1) is 11.5 Å². The maximum atomic E-state index is 12.5. The predicted octanol–water partition coefficient (Wildman–Crippen LogP) is 3.72. The largest absolute Gasteiger partial charge is 0.353 e. The second kappa shape index (κ2) is 8.99. The number of aromatic nitrogens is 2. The van der Waals surface area contributed by atoms with Gasteiger partial charge < -0.3 is 5.32 Å². The summed E-state index contributed by atoms with van der Waals surface area (Å²) in [5.41, 5.74) is 2.23. The lowest BCUT2D eigenvalue weighted by molar-refractivity contribution is -0.386. The number of amides is 1. The Balaban J connectivity index is 1.57. The quantitative estimate of drug-likeness (QED) is 0.582. The van der Waals surface area contributed by atoms with Crippen LogP contribution in [0.15, 0.2) is 30.3 Å². The number of carbonyl (C=O) groups is 1. The van der Waals surface area contributed by atoms with Crippen LogP contribution in [0.25, 0.3) is 0 Å². The van der Waals surface area contributed by atoms with Gasteiger partial charge in [-0.2, -0.15) is 5.10 Å². The van der Waals surface area contributed by atoms with Gasteiger partial charge in [0, 0.05) is 12.5 Å². The summed E-state index contributed by atoms with van der Waals surface area (Å²) >= 11 is 0. The molecule has 3 rings (SSSR count). The van der Waals surface area contributed by atoms with Gasteiger partial charge in [-0.25, -0.2) is 0 Å². The smallest absolute Gasteiger partial charge is 0.312 e. The van der Waals surface area contributed by atoms with E-state index in [0.29, 0.717) is 23.9 Å². The minimum Gasteiger partial charge on any atom is -0.353 e. The molecule has 1 fully saturated rings. The normalized spacial score (nSPS) is 19.4. The number of nitrogens with one attached hydrogen (secondary N) is 1. The molecule has 28 heavy (non-hydrogen) atoms. The molecule has 2 unspecified atom stereocenters. The van der Waals surface area contributed by atoms with Crippen LogP contribution in [0.4, 0.5) is 5.69 Å². The Morgan fingerprint density at radius 3 is 2.64 bits per heavy atom. The van der Waals surface area contributed by atoms with Gasteiger partial charge in [0.15, 0.2) is 0 Å². The minimum atomic E-state index is -0.412. The van der Waals surface area contributed by atoms with Crippen LogP contribution >= 0.6 is 0 Å². The van der Waals surface area contributed by atoms with Crippen molar-refractivity contribution in [2.75, 3.05) is 0 Å². The van der Waals surface area contributed by atoms with Gasteiger partial charge in [-0.05, 0) is 44.6 Å². The van der Waals surface area contributed by atoms with Crippen LogP contribution < -0.4 is 5.32 Å². The monoisotopic (exact) mass is 384 g/mol. The summed E-state index contributed by atoms with van der Waals surface area (Å²) in [6.07, 6.45) is 5.74. The van der Waals surface area contributed by atoms with Crippen molar-refractivity contribution in [3.63, 3.8) is 0 Å². The van der Waals surface area contributed by atoms with Gasteiger partial charge in [0.25, 0.3) is 0 Å². The van der Waals surface area contributed by atoms with Crippen molar-refractivity contribution in [2.24, 2.45) is 5.92 Å². The van der Waals surface area contributed by atoms with Crippen molar-refractivity contribution in [1.29, 1.82) is 0 Å². The first-order valence-corrected chi connectivity index (χ1v) is 9.97. The molecule has 150 valence electrons. The summed E-state index contributed by atoms with van der Waals surface area (Å²) < 4.78 is 1.56. The third kappa shape index (κ3) is 4.77. The highest BCUT2D eigenvalue weighted by Gasteiger charge is 2.27. The van der Waals surface area contributed by atoms with Gasteiger partial charge in [-0.1, -0.05) is 43.2 Å². The second-order valence-electron chi connectivity index (χ2n) is 7.66. The number of aryl methyl sites for hydroxylation is 2. The molecule has 0 bridgehead atoms. The standard InChI is InChI=1S/C21H28N4O3/c1-15-21(25(27)28)16(2)24(23-15)13-12-20(26)22-19-11-7-6-10-18(19)14-17-8-4-3-5-9-17/h3-5,8-9,18-19H,6-7,10-14H2,1-2H3,(H,22,26). The number of carbonyl (C=O) groups excluding carboxylic acids is 1. The summed E-state index contributed by atoms with van der Waals surface area (Å²) in [6, 6.07) is 10.6. The topological polar surface area (TPSA) is 90.1 Å². The Labute approximate surface area is 165 Å². The summed E-state index contributed by atoms with van der Waals surface area (Å²) in [4.78, 5) is 23.2. The van der Waals surface area contributed by atoms with E-state index in [1.54, 1.807) is 18.5 Å². The molecule has 1 saturated carbocycles. The first-order valence-electron chi connectivity index (χ1n) is 9.97. The van der Waals surface area contributed by atoms with E-state index in [1.807, 2.05) is 6.07 Å². The van der Waals surface area contributed by atoms with E-state index in [9.17, 15) is 14.9 Å². The van der Waals surface area contributed by atoms with Gasteiger partial charge in [0.1, 0.15) is 11.4 Å². The molecule has 7 heteroatoms. The van der Waals surface area contributed by atoms with E-state index in [4.69, 9.17) is 0 Å². The number of nitro groups is 1. The Morgan fingerprint density at radius 1 is 1.25 bits per heavy atom. The van der Waals surface area contributed by atoms with Crippen molar-refractivity contribution in [1.82, 2.24) is 15.1 Å². The fourth-order valence-electron chi connectivity index (χ4n) is 4.21. The van der Waals surface area contributed by atoms with Crippen molar-refractivity contribution in [3.05, 3.63) is 57.4 Å². The number of hydrogen-bond acceptors (Lipinski definition) is 4. The van der Waals surface area contributed by atoms with Crippen LogP contribution in [0.5, 0.6) is 0 Å². The molecule has 1 aromatic heterocycles. The van der Waals surface area contributed by atoms with E-state index in [1.165, 1.54) is 12.0 Å². The lowest BCUT2D eigenvalue weighted by Crippen LogP contribution is -2.43. The third-order valence-electron chi connectivity index (χ3n) is 5.67. The molecular weight excluding hydrogens is 356 g/mol. The number of nitrogens with zero attached hydrogens (tertiary/aromatic N) is 3. The highest BCUT2D eigenvalue weighted by Crippen LogP contribution is 2.28. The van der Waals surface area contributed by atoms with Gasteiger partial charge >= 0.3 is 5.69 Å².